The highest BCUT2D eigenvalue weighted by molar-refractivity contribution is 6.49. The number of aryl methyl sites for hydroxylation is 2. The average Bonchev–Trinajstić information content (AvgIpc) is 3.15. The summed E-state index contributed by atoms with van der Waals surface area (Å²) in [7, 11) is 0. The van der Waals surface area contributed by atoms with E-state index in [4.69, 9.17) is 0 Å². The molecule has 0 saturated heterocycles. The number of hydrogen-bond donors (Lipinski definition) is 0. The summed E-state index contributed by atoms with van der Waals surface area (Å²) in [5.41, 5.74) is 2.90. The van der Waals surface area contributed by atoms with Crippen LogP contribution in [0.15, 0.2) is 121 Å². The van der Waals surface area contributed by atoms with Gasteiger partial charge in [0.1, 0.15) is 0 Å². The molecule has 0 amide bonds. The van der Waals surface area contributed by atoms with Crippen LogP contribution in [0.25, 0.3) is 97.0 Å². The summed E-state index contributed by atoms with van der Waals surface area (Å²) in [6.45, 7) is 4.62. The van der Waals surface area contributed by atoms with Gasteiger partial charge in [-0.2, -0.15) is 0 Å². The number of rotatable bonds is 6. The molecule has 0 heteroatoms. The zero-order chi connectivity index (χ0) is 31.9. The number of fused-ring (bicyclic) bond motifs is 16. The first-order chi connectivity index (χ1) is 23.8. The van der Waals surface area contributed by atoms with Crippen LogP contribution in [-0.4, -0.2) is 0 Å². The predicted octanol–water partition coefficient (Wildman–Crippen LogP) is 14.2. The third-order valence-corrected chi connectivity index (χ3v) is 11.2. The van der Waals surface area contributed by atoms with Gasteiger partial charge in [0, 0.05) is 0 Å². The minimum atomic E-state index is 1.09. The van der Waals surface area contributed by atoms with E-state index in [0.29, 0.717) is 0 Å². The molecule has 0 atom stereocenters. The lowest BCUT2D eigenvalue weighted by Crippen LogP contribution is -1.97. The predicted molar refractivity (Wildman–Crippen MR) is 212 cm³/mol. The van der Waals surface area contributed by atoms with Gasteiger partial charge in [-0.1, -0.05) is 148 Å². The van der Waals surface area contributed by atoms with Crippen LogP contribution >= 0.6 is 0 Å². The molecule has 0 nitrogen and oxygen atoms in total. The van der Waals surface area contributed by atoms with Crippen molar-refractivity contribution in [1.29, 1.82) is 0 Å². The Balaban J connectivity index is 1.61. The molecule has 0 N–H and O–H groups in total. The molecule has 0 heterocycles. The van der Waals surface area contributed by atoms with Crippen LogP contribution in [0.3, 0.4) is 0 Å². The molecule has 0 aliphatic carbocycles. The maximum absolute atomic E-state index is 2.57. The zero-order valence-corrected chi connectivity index (χ0v) is 27.8. The fourth-order valence-electron chi connectivity index (χ4n) is 9.18. The fraction of sp³-hybridized carbons (Fsp3) is 0.167. The first kappa shape index (κ1) is 27.9. The normalized spacial score (nSPS) is 12.5. The minimum Gasteiger partial charge on any atom is -0.0654 e. The maximum Gasteiger partial charge on any atom is -0.00132 e. The molecule has 10 aromatic carbocycles. The van der Waals surface area contributed by atoms with Crippen molar-refractivity contribution in [3.05, 3.63) is 132 Å². The van der Waals surface area contributed by atoms with Gasteiger partial charge in [0.2, 0.25) is 0 Å². The summed E-state index contributed by atoms with van der Waals surface area (Å²) in [6, 6.07) is 46.9. The molecule has 0 spiro atoms. The fourth-order valence-corrected chi connectivity index (χ4v) is 9.18. The van der Waals surface area contributed by atoms with Gasteiger partial charge >= 0.3 is 0 Å². The van der Waals surface area contributed by atoms with Gasteiger partial charge in [-0.25, -0.2) is 0 Å². The number of benzene rings is 10. The molecule has 0 saturated carbocycles. The molecule has 0 unspecified atom stereocenters. The van der Waals surface area contributed by atoms with E-state index < -0.39 is 0 Å². The van der Waals surface area contributed by atoms with Crippen LogP contribution < -0.4 is 0 Å². The summed E-state index contributed by atoms with van der Waals surface area (Å²) in [4.78, 5) is 0. The second-order valence-corrected chi connectivity index (χ2v) is 14.0. The van der Waals surface area contributed by atoms with E-state index in [2.05, 4.69) is 135 Å². The summed E-state index contributed by atoms with van der Waals surface area (Å²) >= 11 is 0. The summed E-state index contributed by atoms with van der Waals surface area (Å²) in [6.07, 6.45) is 6.94. The van der Waals surface area contributed by atoms with Gasteiger partial charge in [-0.3, -0.25) is 0 Å². The molecule has 0 aliphatic heterocycles. The Hall–Kier alpha value is -5.20. The van der Waals surface area contributed by atoms with Gasteiger partial charge in [-0.15, -0.1) is 0 Å². The third kappa shape index (κ3) is 3.78. The molecule has 10 aromatic rings. The Labute approximate surface area is 280 Å². The Bertz CT molecular complexity index is 2520. The first-order valence-electron chi connectivity index (χ1n) is 18.0. The molecule has 0 aliphatic rings. The van der Waals surface area contributed by atoms with Crippen LogP contribution in [0.2, 0.25) is 0 Å². The quantitative estimate of drug-likeness (QED) is 0.129. The second-order valence-electron chi connectivity index (χ2n) is 14.0. The van der Waals surface area contributed by atoms with Crippen molar-refractivity contribution in [2.75, 3.05) is 0 Å². The molecule has 0 radical (unpaired) electrons. The van der Waals surface area contributed by atoms with Gasteiger partial charge in [-0.05, 0) is 134 Å². The molecule has 0 bridgehead atoms. The van der Waals surface area contributed by atoms with Crippen molar-refractivity contribution < 1.29 is 0 Å². The maximum atomic E-state index is 2.57. The minimum absolute atomic E-state index is 1.09. The van der Waals surface area contributed by atoms with E-state index in [0.717, 1.165) is 12.8 Å². The van der Waals surface area contributed by atoms with Gasteiger partial charge in [0.05, 0.1) is 0 Å². The van der Waals surface area contributed by atoms with E-state index in [-0.39, 0.29) is 0 Å². The Morgan fingerprint density at radius 3 is 0.771 bits per heavy atom. The SMILES string of the molecule is CCCCc1cc2c3c4ccccc4c4ccccc4c3c3cc(CCCC)cc4c5c6ccccc6c6ccccc6c5c(c1)c2c34. The average molecular weight is 615 g/mol. The lowest BCUT2D eigenvalue weighted by Gasteiger charge is -2.23. The van der Waals surface area contributed by atoms with Crippen molar-refractivity contribution >= 4 is 97.0 Å². The highest BCUT2D eigenvalue weighted by Gasteiger charge is 2.24. The van der Waals surface area contributed by atoms with E-state index in [1.807, 2.05) is 0 Å². The van der Waals surface area contributed by atoms with E-state index in [1.165, 1.54) is 134 Å². The molecule has 10 rings (SSSR count). The van der Waals surface area contributed by atoms with E-state index in [1.54, 1.807) is 0 Å². The Morgan fingerprint density at radius 2 is 0.521 bits per heavy atom. The van der Waals surface area contributed by atoms with Crippen molar-refractivity contribution in [3.63, 3.8) is 0 Å². The standard InChI is InChI=1S/C48H38/c1-3-5-15-29-25-39-43-35-21-11-7-17-31(35)33-19-9-13-23-37(33)45(43)41-27-30(16-6-4-2)28-42-46-38-24-14-10-20-34(38)32-18-8-12-22-36(32)44(46)40(26-29)47(39)48(41)42/h7-14,17-28H,3-6,15-16H2,1-2H3. The molecule has 48 heavy (non-hydrogen) atoms. The van der Waals surface area contributed by atoms with Gasteiger partial charge in [0.15, 0.2) is 0 Å². The Morgan fingerprint density at radius 1 is 0.292 bits per heavy atom. The highest BCUT2D eigenvalue weighted by atomic mass is 14.3. The van der Waals surface area contributed by atoms with Crippen LogP contribution in [0, 0.1) is 0 Å². The highest BCUT2D eigenvalue weighted by Crippen LogP contribution is 2.52. The molecule has 230 valence electrons. The van der Waals surface area contributed by atoms with Crippen molar-refractivity contribution in [2.24, 2.45) is 0 Å². The number of hydrogen-bond acceptors (Lipinski definition) is 0. The first-order valence-corrected chi connectivity index (χ1v) is 18.0. The smallest absolute Gasteiger partial charge is 0.00132 e. The second kappa shape index (κ2) is 10.7. The Kier molecular flexibility index (Phi) is 6.19. The van der Waals surface area contributed by atoms with Crippen LogP contribution in [-0.2, 0) is 12.8 Å². The monoisotopic (exact) mass is 614 g/mol. The molecule has 0 aromatic heterocycles. The van der Waals surface area contributed by atoms with Crippen molar-refractivity contribution in [2.45, 2.75) is 52.4 Å². The lowest BCUT2D eigenvalue weighted by atomic mass is 9.79. The summed E-state index contributed by atoms with van der Waals surface area (Å²) in [5, 5.41) is 25.0. The molecular weight excluding hydrogens is 577 g/mol. The van der Waals surface area contributed by atoms with Crippen molar-refractivity contribution in [3.8, 4) is 0 Å². The third-order valence-electron chi connectivity index (χ3n) is 11.2. The van der Waals surface area contributed by atoms with Crippen LogP contribution in [0.1, 0.15) is 50.7 Å². The number of unbranched alkanes of at least 4 members (excludes halogenated alkanes) is 2. The largest absolute Gasteiger partial charge is 0.0654 e. The zero-order valence-electron chi connectivity index (χ0n) is 27.8. The topological polar surface area (TPSA) is 0 Å². The van der Waals surface area contributed by atoms with Crippen molar-refractivity contribution in [1.82, 2.24) is 0 Å². The van der Waals surface area contributed by atoms with E-state index >= 15 is 0 Å². The molecule has 0 fully saturated rings. The van der Waals surface area contributed by atoms with Gasteiger partial charge < -0.3 is 0 Å². The van der Waals surface area contributed by atoms with Crippen LogP contribution in [0.4, 0.5) is 0 Å². The van der Waals surface area contributed by atoms with E-state index in [9.17, 15) is 0 Å². The van der Waals surface area contributed by atoms with Gasteiger partial charge in [0.25, 0.3) is 0 Å². The van der Waals surface area contributed by atoms with Crippen LogP contribution in [0.5, 0.6) is 0 Å². The summed E-state index contributed by atoms with van der Waals surface area (Å²) in [5.74, 6) is 0. The summed E-state index contributed by atoms with van der Waals surface area (Å²) < 4.78 is 0. The molecular formula is C48H38. The lowest BCUT2D eigenvalue weighted by molar-refractivity contribution is 0.796.